The van der Waals surface area contributed by atoms with E-state index >= 15 is 8.78 Å². The Morgan fingerprint density at radius 2 is 1.75 bits per heavy atom. The molecule has 0 radical (unpaired) electrons. The first kappa shape index (κ1) is 27.3. The van der Waals surface area contributed by atoms with Gasteiger partial charge in [-0.3, -0.25) is 14.7 Å². The minimum atomic E-state index is -1.01. The summed E-state index contributed by atoms with van der Waals surface area (Å²) in [6.45, 7) is 3.95. The predicted molar refractivity (Wildman–Crippen MR) is 130 cm³/mol. The molecule has 0 aliphatic carbocycles. The van der Waals surface area contributed by atoms with Gasteiger partial charge in [0.1, 0.15) is 11.5 Å². The van der Waals surface area contributed by atoms with Crippen LogP contribution in [0.4, 0.5) is 31.0 Å². The van der Waals surface area contributed by atoms with Gasteiger partial charge in [-0.2, -0.15) is 4.98 Å². The number of nitrogens with zero attached hydrogens (tertiary/aromatic N) is 5. The number of rotatable bonds is 13. The quantitative estimate of drug-likeness (QED) is 0.346. The maximum Gasteiger partial charge on any atom is 0.330 e. The molecule has 3 N–H and O–H groups in total. The second kappa shape index (κ2) is 12.6. The lowest BCUT2D eigenvalue weighted by Crippen LogP contribution is -2.48. The van der Waals surface area contributed by atoms with E-state index in [2.05, 4.69) is 15.3 Å². The van der Waals surface area contributed by atoms with E-state index in [1.54, 1.807) is 6.92 Å². The molecule has 3 rings (SSSR count). The van der Waals surface area contributed by atoms with Gasteiger partial charge in [0.2, 0.25) is 5.95 Å². The molecule has 11 nitrogen and oxygen atoms in total. The van der Waals surface area contributed by atoms with Crippen molar-refractivity contribution in [2.24, 2.45) is 0 Å². The summed E-state index contributed by atoms with van der Waals surface area (Å²) in [6, 6.07) is 0.438. The van der Waals surface area contributed by atoms with E-state index in [-0.39, 0.29) is 37.8 Å². The summed E-state index contributed by atoms with van der Waals surface area (Å²) >= 11 is 0. The number of hydrogen-bond donors (Lipinski definition) is 3. The van der Waals surface area contributed by atoms with Crippen molar-refractivity contribution < 1.29 is 33.3 Å². The average Bonchev–Trinajstić information content (AvgIpc) is 2.87. The standard InChI is InChI=1S/C23H32F2N6O5/c1-4-30-21-15(13-27-22(28-21)26-6-5-7-29(8-10-32)9-11-33)14-31(23(30)34)20-18(24)16(35-2)12-17(36-3)19(20)25/h12-13,32-33H,4-11,14H2,1-3H3,(H,26,27,28). The zero-order valence-electron chi connectivity index (χ0n) is 20.6. The molecule has 198 valence electrons. The van der Waals surface area contributed by atoms with E-state index in [1.165, 1.54) is 25.3 Å². The highest BCUT2D eigenvalue weighted by Gasteiger charge is 2.37. The molecular weight excluding hydrogens is 478 g/mol. The number of anilines is 3. The van der Waals surface area contributed by atoms with Crippen molar-refractivity contribution in [3.63, 3.8) is 0 Å². The highest BCUT2D eigenvalue weighted by Crippen LogP contribution is 2.40. The summed E-state index contributed by atoms with van der Waals surface area (Å²) in [4.78, 5) is 26.3. The Labute approximate surface area is 208 Å². The molecule has 1 aromatic heterocycles. The highest BCUT2D eigenvalue weighted by atomic mass is 19.1. The Balaban J connectivity index is 1.81. The molecule has 0 atom stereocenters. The molecule has 0 unspecified atom stereocenters. The van der Waals surface area contributed by atoms with Crippen LogP contribution >= 0.6 is 0 Å². The molecule has 1 aromatic carbocycles. The van der Waals surface area contributed by atoms with Gasteiger partial charge in [0.15, 0.2) is 23.1 Å². The first-order chi connectivity index (χ1) is 17.4. The minimum Gasteiger partial charge on any atom is -0.493 e. The van der Waals surface area contributed by atoms with Crippen LogP contribution in [0, 0.1) is 11.6 Å². The molecule has 0 saturated carbocycles. The minimum absolute atomic E-state index is 0.00953. The SMILES string of the molecule is CCN1C(=O)N(c2c(F)c(OC)cc(OC)c2F)Cc2cnc(NCCCN(CCO)CCO)nc21. The van der Waals surface area contributed by atoms with Crippen LogP contribution in [0.3, 0.4) is 0 Å². The number of carbonyl (C=O) groups excluding carboxylic acids is 1. The van der Waals surface area contributed by atoms with Crippen LogP contribution in [0.25, 0.3) is 0 Å². The molecule has 36 heavy (non-hydrogen) atoms. The third-order valence-corrected chi connectivity index (χ3v) is 5.79. The number of ether oxygens (including phenoxy) is 2. The van der Waals surface area contributed by atoms with Crippen LogP contribution in [0.5, 0.6) is 11.5 Å². The fraction of sp³-hybridized carbons (Fsp3) is 0.522. The second-order valence-corrected chi connectivity index (χ2v) is 7.98. The number of nitrogens with one attached hydrogen (secondary N) is 1. The maximum absolute atomic E-state index is 15.1. The smallest absolute Gasteiger partial charge is 0.330 e. The lowest BCUT2D eigenvalue weighted by Gasteiger charge is -2.36. The zero-order chi connectivity index (χ0) is 26.2. The van der Waals surface area contributed by atoms with E-state index in [4.69, 9.17) is 19.7 Å². The summed E-state index contributed by atoms with van der Waals surface area (Å²) < 4.78 is 40.2. The molecule has 0 spiro atoms. The Hall–Kier alpha value is -3.29. The number of halogens is 2. The molecule has 2 aromatic rings. The van der Waals surface area contributed by atoms with Gasteiger partial charge in [0.05, 0.1) is 34.0 Å². The third kappa shape index (κ3) is 5.74. The van der Waals surface area contributed by atoms with Crippen LogP contribution in [0.2, 0.25) is 0 Å². The Bertz CT molecular complexity index is 1030. The zero-order valence-corrected chi connectivity index (χ0v) is 20.6. The summed E-state index contributed by atoms with van der Waals surface area (Å²) in [5.41, 5.74) is -0.0579. The fourth-order valence-electron chi connectivity index (χ4n) is 3.99. The van der Waals surface area contributed by atoms with E-state index in [0.717, 1.165) is 11.0 Å². The number of benzene rings is 1. The number of aromatic nitrogens is 2. The van der Waals surface area contributed by atoms with E-state index in [0.29, 0.717) is 49.9 Å². The molecule has 1 aliphatic heterocycles. The number of amides is 2. The van der Waals surface area contributed by atoms with Crippen molar-refractivity contribution >= 4 is 23.5 Å². The normalized spacial score (nSPS) is 13.3. The van der Waals surface area contributed by atoms with Gasteiger partial charge in [-0.1, -0.05) is 0 Å². The second-order valence-electron chi connectivity index (χ2n) is 7.98. The lowest BCUT2D eigenvalue weighted by atomic mass is 10.1. The summed E-state index contributed by atoms with van der Waals surface area (Å²) in [5, 5.41) is 21.3. The number of hydrogen-bond acceptors (Lipinski definition) is 9. The summed E-state index contributed by atoms with van der Waals surface area (Å²) in [5.74, 6) is -1.87. The van der Waals surface area contributed by atoms with Crippen molar-refractivity contribution in [2.75, 3.05) is 75.3 Å². The first-order valence-electron chi connectivity index (χ1n) is 11.6. The van der Waals surface area contributed by atoms with Crippen molar-refractivity contribution in [3.05, 3.63) is 29.5 Å². The van der Waals surface area contributed by atoms with Crippen molar-refractivity contribution in [2.45, 2.75) is 19.9 Å². The molecule has 1 aliphatic rings. The van der Waals surface area contributed by atoms with E-state index < -0.39 is 23.4 Å². The molecule has 0 fully saturated rings. The molecule has 13 heteroatoms. The van der Waals surface area contributed by atoms with Crippen LogP contribution < -0.4 is 24.6 Å². The maximum atomic E-state index is 15.1. The summed E-state index contributed by atoms with van der Waals surface area (Å²) in [7, 11) is 2.48. The van der Waals surface area contributed by atoms with Crippen molar-refractivity contribution in [3.8, 4) is 11.5 Å². The topological polar surface area (TPSA) is 124 Å². The first-order valence-corrected chi connectivity index (χ1v) is 11.6. The highest BCUT2D eigenvalue weighted by molar-refractivity contribution is 6.05. The van der Waals surface area contributed by atoms with Gasteiger partial charge >= 0.3 is 6.03 Å². The Morgan fingerprint density at radius 3 is 2.31 bits per heavy atom. The molecule has 2 heterocycles. The van der Waals surface area contributed by atoms with Crippen LogP contribution in [-0.2, 0) is 6.54 Å². The number of carbonyl (C=O) groups is 1. The average molecular weight is 511 g/mol. The number of aliphatic hydroxyl groups is 2. The van der Waals surface area contributed by atoms with Gasteiger partial charge in [-0.15, -0.1) is 0 Å². The lowest BCUT2D eigenvalue weighted by molar-refractivity contribution is 0.161. The van der Waals surface area contributed by atoms with Gasteiger partial charge in [0, 0.05) is 44.0 Å². The van der Waals surface area contributed by atoms with E-state index in [9.17, 15) is 4.79 Å². The van der Waals surface area contributed by atoms with Crippen LogP contribution in [0.15, 0.2) is 12.3 Å². The largest absolute Gasteiger partial charge is 0.493 e. The number of aliphatic hydroxyl groups excluding tert-OH is 2. The van der Waals surface area contributed by atoms with Crippen LogP contribution in [-0.4, -0.2) is 91.3 Å². The van der Waals surface area contributed by atoms with E-state index in [1.807, 2.05) is 4.90 Å². The van der Waals surface area contributed by atoms with Crippen molar-refractivity contribution in [1.82, 2.24) is 14.9 Å². The number of urea groups is 1. The molecular formula is C23H32F2N6O5. The predicted octanol–water partition coefficient (Wildman–Crippen LogP) is 1.83. The van der Waals surface area contributed by atoms with Crippen LogP contribution in [0.1, 0.15) is 18.9 Å². The van der Waals surface area contributed by atoms with Gasteiger partial charge in [0.25, 0.3) is 0 Å². The molecule has 0 bridgehead atoms. The Morgan fingerprint density at radius 1 is 1.11 bits per heavy atom. The number of fused-ring (bicyclic) bond motifs is 1. The fourth-order valence-corrected chi connectivity index (χ4v) is 3.99. The third-order valence-electron chi connectivity index (χ3n) is 5.79. The number of methoxy groups -OCH3 is 2. The molecule has 0 saturated heterocycles. The summed E-state index contributed by atoms with van der Waals surface area (Å²) in [6.07, 6.45) is 2.23. The van der Waals surface area contributed by atoms with Gasteiger partial charge in [-0.25, -0.2) is 18.6 Å². The molecule has 2 amide bonds. The Kier molecular flexibility index (Phi) is 9.56. The van der Waals surface area contributed by atoms with Gasteiger partial charge < -0.3 is 25.0 Å². The van der Waals surface area contributed by atoms with Gasteiger partial charge in [-0.05, 0) is 19.9 Å². The van der Waals surface area contributed by atoms with Crippen molar-refractivity contribution in [1.29, 1.82) is 0 Å². The monoisotopic (exact) mass is 510 g/mol.